The third kappa shape index (κ3) is 1.17. The molecular weight excluding hydrogens is 243 g/mol. The molecule has 0 radical (unpaired) electrons. The molecule has 0 unspecified atom stereocenters. The fourth-order valence-electron chi connectivity index (χ4n) is 0.752. The zero-order valence-corrected chi connectivity index (χ0v) is 8.08. The number of hydrogen-bond acceptors (Lipinski definition) is 2. The molecule has 1 heterocycles. The summed E-state index contributed by atoms with van der Waals surface area (Å²) in [6.45, 7) is 2.01. The quantitative estimate of drug-likeness (QED) is 0.751. The van der Waals surface area contributed by atoms with E-state index in [2.05, 4.69) is 27.7 Å². The molecule has 1 aromatic rings. The minimum Gasteiger partial charge on any atom is -0.390 e. The van der Waals surface area contributed by atoms with Gasteiger partial charge in [-0.2, -0.15) is 5.10 Å². The van der Waals surface area contributed by atoms with Crippen LogP contribution in [-0.2, 0) is 13.7 Å². The van der Waals surface area contributed by atoms with Crippen molar-refractivity contribution in [3.63, 3.8) is 0 Å². The van der Waals surface area contributed by atoms with E-state index in [9.17, 15) is 0 Å². The Morgan fingerprint density at radius 1 is 1.70 bits per heavy atom. The number of aryl methyl sites for hydroxylation is 1. The van der Waals surface area contributed by atoms with E-state index in [4.69, 9.17) is 5.11 Å². The lowest BCUT2D eigenvalue weighted by Gasteiger charge is -1.89. The maximum atomic E-state index is 8.78. The lowest BCUT2D eigenvalue weighted by atomic mass is 10.4. The third-order valence-corrected chi connectivity index (χ3v) is 2.88. The molecule has 3 nitrogen and oxygen atoms in total. The summed E-state index contributed by atoms with van der Waals surface area (Å²) in [6, 6.07) is 0. The van der Waals surface area contributed by atoms with Gasteiger partial charge in [-0.3, -0.25) is 4.68 Å². The largest absolute Gasteiger partial charge is 0.390 e. The minimum atomic E-state index is 0.0277. The summed E-state index contributed by atoms with van der Waals surface area (Å²) in [5.41, 5.74) is 1.87. The van der Waals surface area contributed by atoms with Crippen molar-refractivity contribution in [1.29, 1.82) is 0 Å². The van der Waals surface area contributed by atoms with Gasteiger partial charge in [-0.15, -0.1) is 0 Å². The van der Waals surface area contributed by atoms with Crippen LogP contribution in [0.3, 0.4) is 0 Å². The third-order valence-electron chi connectivity index (χ3n) is 1.48. The van der Waals surface area contributed by atoms with Crippen LogP contribution in [0.4, 0.5) is 0 Å². The Morgan fingerprint density at radius 3 is 2.50 bits per heavy atom. The molecule has 0 aliphatic rings. The van der Waals surface area contributed by atoms with Gasteiger partial charge < -0.3 is 5.11 Å². The summed E-state index contributed by atoms with van der Waals surface area (Å²) in [6.07, 6.45) is 0. The number of rotatable bonds is 1. The molecule has 0 fully saturated rings. The molecule has 56 valence electrons. The Kier molecular flexibility index (Phi) is 2.30. The summed E-state index contributed by atoms with van der Waals surface area (Å²) in [5.74, 6) is 0. The van der Waals surface area contributed by atoms with Crippen molar-refractivity contribution in [3.05, 3.63) is 15.0 Å². The molecular formula is C6H9IN2O. The number of hydrogen-bond donors (Lipinski definition) is 1. The van der Waals surface area contributed by atoms with Crippen molar-refractivity contribution < 1.29 is 5.11 Å². The van der Waals surface area contributed by atoms with Crippen molar-refractivity contribution >= 4 is 22.6 Å². The van der Waals surface area contributed by atoms with Gasteiger partial charge in [-0.25, -0.2) is 0 Å². The Morgan fingerprint density at radius 2 is 2.30 bits per heavy atom. The van der Waals surface area contributed by atoms with Crippen molar-refractivity contribution in [2.24, 2.45) is 7.05 Å². The monoisotopic (exact) mass is 252 g/mol. The maximum absolute atomic E-state index is 8.78. The average Bonchev–Trinajstić information content (AvgIpc) is 2.17. The first kappa shape index (κ1) is 8.00. The van der Waals surface area contributed by atoms with E-state index in [1.807, 2.05) is 14.0 Å². The van der Waals surface area contributed by atoms with E-state index in [1.54, 1.807) is 4.68 Å². The van der Waals surface area contributed by atoms with Crippen molar-refractivity contribution in [1.82, 2.24) is 9.78 Å². The minimum absolute atomic E-state index is 0.0277. The highest BCUT2D eigenvalue weighted by Gasteiger charge is 2.07. The normalized spacial score (nSPS) is 10.4. The highest BCUT2D eigenvalue weighted by molar-refractivity contribution is 14.1. The summed E-state index contributed by atoms with van der Waals surface area (Å²) < 4.78 is 2.83. The molecule has 0 aliphatic heterocycles. The Hall–Kier alpha value is -0.100. The fourth-order valence-corrected chi connectivity index (χ4v) is 1.38. The molecule has 0 aliphatic carbocycles. The number of nitrogens with zero attached hydrogens (tertiary/aromatic N) is 2. The van der Waals surface area contributed by atoms with Gasteiger partial charge in [0.25, 0.3) is 0 Å². The van der Waals surface area contributed by atoms with E-state index in [0.29, 0.717) is 0 Å². The molecule has 0 bridgehead atoms. The summed E-state index contributed by atoms with van der Waals surface area (Å²) in [7, 11) is 1.87. The van der Waals surface area contributed by atoms with Gasteiger partial charge in [-0.05, 0) is 29.5 Å². The first-order valence-electron chi connectivity index (χ1n) is 2.95. The van der Waals surface area contributed by atoms with Crippen LogP contribution < -0.4 is 0 Å². The second-order valence-corrected chi connectivity index (χ2v) is 3.21. The standard InChI is InChI=1S/C6H9IN2O/c1-4-6(7)5(3-10)8-9(4)2/h10H,3H2,1-2H3. The van der Waals surface area contributed by atoms with Gasteiger partial charge in [0, 0.05) is 12.7 Å². The van der Waals surface area contributed by atoms with Crippen molar-refractivity contribution in [3.8, 4) is 0 Å². The molecule has 1 aromatic heterocycles. The van der Waals surface area contributed by atoms with Crippen LogP contribution in [0.25, 0.3) is 0 Å². The first-order chi connectivity index (χ1) is 4.66. The second kappa shape index (κ2) is 2.87. The fraction of sp³-hybridized carbons (Fsp3) is 0.500. The predicted molar refractivity (Wildman–Crippen MR) is 46.6 cm³/mol. The number of aliphatic hydroxyl groups excluding tert-OH is 1. The van der Waals surface area contributed by atoms with Crippen LogP contribution in [0.5, 0.6) is 0 Å². The Labute approximate surface area is 73.2 Å². The van der Waals surface area contributed by atoms with Gasteiger partial charge >= 0.3 is 0 Å². The molecule has 1 N–H and O–H groups in total. The molecule has 0 saturated carbocycles. The molecule has 0 atom stereocenters. The summed E-state index contributed by atoms with van der Waals surface area (Å²) in [4.78, 5) is 0. The van der Waals surface area contributed by atoms with E-state index < -0.39 is 0 Å². The van der Waals surface area contributed by atoms with Crippen molar-refractivity contribution in [2.75, 3.05) is 0 Å². The topological polar surface area (TPSA) is 38.1 Å². The molecule has 10 heavy (non-hydrogen) atoms. The van der Waals surface area contributed by atoms with Crippen LogP contribution in [0.2, 0.25) is 0 Å². The van der Waals surface area contributed by atoms with E-state index in [-0.39, 0.29) is 6.61 Å². The van der Waals surface area contributed by atoms with Crippen molar-refractivity contribution in [2.45, 2.75) is 13.5 Å². The van der Waals surface area contributed by atoms with Gasteiger partial charge in [0.2, 0.25) is 0 Å². The lowest BCUT2D eigenvalue weighted by Crippen LogP contribution is -1.93. The number of aliphatic hydroxyl groups is 1. The highest BCUT2D eigenvalue weighted by Crippen LogP contribution is 2.14. The smallest absolute Gasteiger partial charge is 0.101 e. The SMILES string of the molecule is Cc1c(I)c(CO)nn1C. The predicted octanol–water partition coefficient (Wildman–Crippen LogP) is 0.825. The first-order valence-corrected chi connectivity index (χ1v) is 4.03. The molecule has 0 saturated heterocycles. The van der Waals surface area contributed by atoms with Crippen LogP contribution in [-0.4, -0.2) is 14.9 Å². The maximum Gasteiger partial charge on any atom is 0.101 e. The molecule has 0 spiro atoms. The number of aromatic nitrogens is 2. The van der Waals surface area contributed by atoms with Crippen LogP contribution in [0.15, 0.2) is 0 Å². The van der Waals surface area contributed by atoms with Crippen LogP contribution >= 0.6 is 22.6 Å². The molecule has 0 aromatic carbocycles. The summed E-state index contributed by atoms with van der Waals surface area (Å²) >= 11 is 2.18. The Bertz CT molecular complexity index is 244. The summed E-state index contributed by atoms with van der Waals surface area (Å²) in [5, 5.41) is 12.9. The molecule has 4 heteroatoms. The van der Waals surface area contributed by atoms with Gasteiger partial charge in [0.05, 0.1) is 10.2 Å². The Balaban J connectivity index is 3.17. The molecule has 1 rings (SSSR count). The van der Waals surface area contributed by atoms with E-state index in [1.165, 1.54) is 0 Å². The molecule has 0 amide bonds. The van der Waals surface area contributed by atoms with Gasteiger partial charge in [0.15, 0.2) is 0 Å². The number of halogens is 1. The zero-order valence-electron chi connectivity index (χ0n) is 5.93. The van der Waals surface area contributed by atoms with Crippen LogP contribution in [0, 0.1) is 10.5 Å². The van der Waals surface area contributed by atoms with E-state index in [0.717, 1.165) is 15.0 Å². The van der Waals surface area contributed by atoms with E-state index >= 15 is 0 Å². The zero-order chi connectivity index (χ0) is 7.72. The second-order valence-electron chi connectivity index (χ2n) is 2.13. The average molecular weight is 252 g/mol. The lowest BCUT2D eigenvalue weighted by molar-refractivity contribution is 0.275. The van der Waals surface area contributed by atoms with Crippen LogP contribution in [0.1, 0.15) is 11.4 Å². The van der Waals surface area contributed by atoms with Gasteiger partial charge in [-0.1, -0.05) is 0 Å². The highest BCUT2D eigenvalue weighted by atomic mass is 127. The van der Waals surface area contributed by atoms with Gasteiger partial charge in [0.1, 0.15) is 5.69 Å².